The van der Waals surface area contributed by atoms with Crippen LogP contribution in [-0.2, 0) is 16.9 Å². The number of rotatable bonds is 4. The van der Waals surface area contributed by atoms with Crippen LogP contribution in [0.1, 0.15) is 11.1 Å². The molecule has 0 unspecified atom stereocenters. The number of hydrogen-bond acceptors (Lipinski definition) is 2. The predicted molar refractivity (Wildman–Crippen MR) is 85.9 cm³/mol. The first-order chi connectivity index (χ1) is 11.1. The van der Waals surface area contributed by atoms with Crippen LogP contribution >= 0.6 is 0 Å². The molecule has 0 radical (unpaired) electrons. The van der Waals surface area contributed by atoms with Crippen molar-refractivity contribution in [2.24, 2.45) is 0 Å². The third-order valence-electron chi connectivity index (χ3n) is 4.21. The molecule has 0 amide bonds. The highest BCUT2D eigenvalue weighted by Crippen LogP contribution is 2.32. The van der Waals surface area contributed by atoms with Crippen LogP contribution in [0.5, 0.6) is 0 Å². The first-order valence-electron chi connectivity index (χ1n) is 7.62. The van der Waals surface area contributed by atoms with Crippen molar-refractivity contribution in [1.82, 2.24) is 4.90 Å². The van der Waals surface area contributed by atoms with Gasteiger partial charge in [-0.2, -0.15) is 0 Å². The van der Waals surface area contributed by atoms with Gasteiger partial charge < -0.3 is 4.74 Å². The molecule has 23 heavy (non-hydrogen) atoms. The predicted octanol–water partition coefficient (Wildman–Crippen LogP) is 3.88. The average molecular weight is 315 g/mol. The number of ether oxygens (including phenoxy) is 1. The van der Waals surface area contributed by atoms with E-state index < -0.39 is 17.2 Å². The Morgan fingerprint density at radius 1 is 1.13 bits per heavy atom. The fourth-order valence-electron chi connectivity index (χ4n) is 2.97. The Labute approximate surface area is 135 Å². The van der Waals surface area contributed by atoms with E-state index in [-0.39, 0.29) is 0 Å². The Hall–Kier alpha value is -2.04. The van der Waals surface area contributed by atoms with Crippen LogP contribution in [0.2, 0.25) is 0 Å². The van der Waals surface area contributed by atoms with Gasteiger partial charge in [0.05, 0.1) is 6.61 Å². The summed E-state index contributed by atoms with van der Waals surface area (Å²) in [6, 6.07) is 14.0. The highest BCUT2D eigenvalue weighted by atomic mass is 19.2. The van der Waals surface area contributed by atoms with Gasteiger partial charge >= 0.3 is 0 Å². The summed E-state index contributed by atoms with van der Waals surface area (Å²) < 4.78 is 32.7. The molecule has 0 bridgehead atoms. The topological polar surface area (TPSA) is 12.5 Å². The largest absolute Gasteiger partial charge is 0.363 e. The van der Waals surface area contributed by atoms with Crippen LogP contribution in [-0.4, -0.2) is 24.6 Å². The summed E-state index contributed by atoms with van der Waals surface area (Å²) in [7, 11) is 0. The number of nitrogens with zero attached hydrogens (tertiary/aromatic N) is 1. The Balaban J connectivity index is 1.84. The molecular formula is C19H19F2NO. The lowest BCUT2D eigenvalue weighted by molar-refractivity contribution is -0.0858. The molecule has 1 atom stereocenters. The Morgan fingerprint density at radius 3 is 2.61 bits per heavy atom. The highest BCUT2D eigenvalue weighted by molar-refractivity contribution is 5.30. The Bertz CT molecular complexity index is 689. The van der Waals surface area contributed by atoms with Crippen LogP contribution in [0.15, 0.2) is 61.2 Å². The number of benzene rings is 2. The fourth-order valence-corrected chi connectivity index (χ4v) is 2.97. The monoisotopic (exact) mass is 315 g/mol. The maximum atomic E-state index is 13.6. The van der Waals surface area contributed by atoms with Gasteiger partial charge in [0.15, 0.2) is 11.6 Å². The minimum Gasteiger partial charge on any atom is -0.363 e. The van der Waals surface area contributed by atoms with E-state index in [4.69, 9.17) is 4.74 Å². The second-order valence-electron chi connectivity index (χ2n) is 5.77. The molecular weight excluding hydrogens is 296 g/mol. The first kappa shape index (κ1) is 15.8. The number of halogens is 2. The van der Waals surface area contributed by atoms with Gasteiger partial charge in [0.25, 0.3) is 0 Å². The molecule has 3 rings (SSSR count). The lowest BCUT2D eigenvalue weighted by atomic mass is 9.91. The second kappa shape index (κ2) is 6.60. The molecule has 1 heterocycles. The minimum absolute atomic E-state index is 0.512. The van der Waals surface area contributed by atoms with Crippen molar-refractivity contribution in [1.29, 1.82) is 0 Å². The molecule has 1 fully saturated rings. The third-order valence-corrected chi connectivity index (χ3v) is 4.21. The van der Waals surface area contributed by atoms with Crippen LogP contribution in [0, 0.1) is 11.6 Å². The highest BCUT2D eigenvalue weighted by Gasteiger charge is 2.36. The molecule has 4 heteroatoms. The summed E-state index contributed by atoms with van der Waals surface area (Å²) in [4.78, 5) is 2.24. The maximum absolute atomic E-state index is 13.6. The van der Waals surface area contributed by atoms with Gasteiger partial charge in [0.2, 0.25) is 0 Å². The van der Waals surface area contributed by atoms with Crippen LogP contribution in [0.4, 0.5) is 8.78 Å². The maximum Gasteiger partial charge on any atom is 0.159 e. The smallest absolute Gasteiger partial charge is 0.159 e. The zero-order chi connectivity index (χ0) is 16.3. The van der Waals surface area contributed by atoms with E-state index in [1.807, 2.05) is 18.2 Å². The molecule has 0 N–H and O–H groups in total. The van der Waals surface area contributed by atoms with E-state index in [2.05, 4.69) is 23.6 Å². The van der Waals surface area contributed by atoms with Crippen molar-refractivity contribution in [3.63, 3.8) is 0 Å². The first-order valence-corrected chi connectivity index (χ1v) is 7.62. The van der Waals surface area contributed by atoms with E-state index in [9.17, 15) is 8.78 Å². The second-order valence-corrected chi connectivity index (χ2v) is 5.77. The molecule has 120 valence electrons. The van der Waals surface area contributed by atoms with Gasteiger partial charge in [-0.3, -0.25) is 4.90 Å². The lowest BCUT2D eigenvalue weighted by Crippen LogP contribution is -2.48. The van der Waals surface area contributed by atoms with Crippen molar-refractivity contribution in [2.45, 2.75) is 12.1 Å². The Morgan fingerprint density at radius 2 is 1.91 bits per heavy atom. The molecule has 2 aromatic rings. The molecule has 0 saturated carbocycles. The van der Waals surface area contributed by atoms with Gasteiger partial charge in [-0.15, -0.1) is 0 Å². The van der Waals surface area contributed by atoms with Crippen molar-refractivity contribution in [3.8, 4) is 0 Å². The molecule has 0 aliphatic carbocycles. The summed E-state index contributed by atoms with van der Waals surface area (Å²) >= 11 is 0. The normalized spacial score (nSPS) is 22.0. The SMILES string of the molecule is C=C[C@@]1(c2ccc(F)c(F)c2)CN(Cc2ccccc2)CCO1. The molecule has 1 aliphatic rings. The fraction of sp³-hybridized carbons (Fsp3) is 0.263. The van der Waals surface area contributed by atoms with E-state index in [1.54, 1.807) is 12.1 Å². The van der Waals surface area contributed by atoms with Gasteiger partial charge in [-0.25, -0.2) is 8.78 Å². The summed E-state index contributed by atoms with van der Waals surface area (Å²) in [6.45, 7) is 6.49. The van der Waals surface area contributed by atoms with Crippen LogP contribution in [0.3, 0.4) is 0 Å². The summed E-state index contributed by atoms with van der Waals surface area (Å²) in [5, 5.41) is 0. The van der Waals surface area contributed by atoms with Crippen molar-refractivity contribution in [2.75, 3.05) is 19.7 Å². The quantitative estimate of drug-likeness (QED) is 0.794. The van der Waals surface area contributed by atoms with Gasteiger partial charge in [-0.05, 0) is 23.3 Å². The zero-order valence-electron chi connectivity index (χ0n) is 12.8. The number of morpholine rings is 1. The van der Waals surface area contributed by atoms with Crippen molar-refractivity contribution in [3.05, 3.63) is 83.9 Å². The average Bonchev–Trinajstić information content (AvgIpc) is 2.58. The summed E-state index contributed by atoms with van der Waals surface area (Å²) in [6.07, 6.45) is 1.68. The molecule has 1 aliphatic heterocycles. The standard InChI is InChI=1S/C19H19F2NO/c1-2-19(16-8-9-17(20)18(21)12-16)14-22(10-11-23-19)13-15-6-4-3-5-7-15/h2-9,12H,1,10-11,13-14H2/t19-/m0/s1. The summed E-state index contributed by atoms with van der Waals surface area (Å²) in [5.41, 5.74) is 0.975. The van der Waals surface area contributed by atoms with Gasteiger partial charge in [0, 0.05) is 19.6 Å². The number of hydrogen-bond donors (Lipinski definition) is 0. The molecule has 2 nitrogen and oxygen atoms in total. The van der Waals surface area contributed by atoms with Gasteiger partial charge in [0.1, 0.15) is 5.60 Å². The van der Waals surface area contributed by atoms with Crippen molar-refractivity contribution < 1.29 is 13.5 Å². The minimum atomic E-state index is -0.868. The molecule has 0 spiro atoms. The van der Waals surface area contributed by atoms with Crippen LogP contribution in [0.25, 0.3) is 0 Å². The Kier molecular flexibility index (Phi) is 4.55. The third kappa shape index (κ3) is 3.33. The van der Waals surface area contributed by atoms with Crippen LogP contribution < -0.4 is 0 Å². The molecule has 2 aromatic carbocycles. The van der Waals surface area contributed by atoms with Crippen molar-refractivity contribution >= 4 is 0 Å². The van der Waals surface area contributed by atoms with E-state index in [0.29, 0.717) is 18.7 Å². The summed E-state index contributed by atoms with van der Waals surface area (Å²) in [5.74, 6) is -1.72. The van der Waals surface area contributed by atoms with Gasteiger partial charge in [-0.1, -0.05) is 49.1 Å². The zero-order valence-corrected chi connectivity index (χ0v) is 12.8. The molecule has 1 saturated heterocycles. The van der Waals surface area contributed by atoms with E-state index in [0.717, 1.165) is 19.2 Å². The van der Waals surface area contributed by atoms with E-state index >= 15 is 0 Å². The molecule has 0 aromatic heterocycles. The van der Waals surface area contributed by atoms with E-state index in [1.165, 1.54) is 11.6 Å². The lowest BCUT2D eigenvalue weighted by Gasteiger charge is -2.41.